The van der Waals surface area contributed by atoms with Crippen molar-refractivity contribution in [1.82, 2.24) is 0 Å². The van der Waals surface area contributed by atoms with Gasteiger partial charge in [0.05, 0.1) is 19.8 Å². The summed E-state index contributed by atoms with van der Waals surface area (Å²) in [4.78, 5) is 0. The fourth-order valence-electron chi connectivity index (χ4n) is 2.05. The molecule has 2 N–H and O–H groups in total. The lowest BCUT2D eigenvalue weighted by molar-refractivity contribution is 0.176. The molecule has 1 heterocycles. The summed E-state index contributed by atoms with van der Waals surface area (Å²) in [7, 11) is 1.68. The topological polar surface area (TPSA) is 44.5 Å². The second kappa shape index (κ2) is 5.23. The van der Waals surface area contributed by atoms with Gasteiger partial charge in [-0.25, -0.2) is 0 Å². The number of methoxy groups -OCH3 is 1. The Morgan fingerprint density at radius 3 is 2.82 bits per heavy atom. The molecule has 1 unspecified atom stereocenters. The van der Waals surface area contributed by atoms with Crippen molar-refractivity contribution in [3.63, 3.8) is 0 Å². The van der Waals surface area contributed by atoms with Gasteiger partial charge in [-0.1, -0.05) is 12.1 Å². The van der Waals surface area contributed by atoms with Gasteiger partial charge in [-0.2, -0.15) is 0 Å². The van der Waals surface area contributed by atoms with Crippen LogP contribution in [0.3, 0.4) is 0 Å². The van der Waals surface area contributed by atoms with Crippen LogP contribution in [0.25, 0.3) is 0 Å². The summed E-state index contributed by atoms with van der Waals surface area (Å²) < 4.78 is 10.8. The normalized spacial score (nSPS) is 17.0. The van der Waals surface area contributed by atoms with Crippen LogP contribution in [-0.2, 0) is 4.74 Å². The Hall–Kier alpha value is -1.48. The molecular formula is C14H19NO2. The summed E-state index contributed by atoms with van der Waals surface area (Å²) in [5, 5.41) is 0. The fourth-order valence-corrected chi connectivity index (χ4v) is 2.05. The molecule has 3 nitrogen and oxygen atoms in total. The van der Waals surface area contributed by atoms with Gasteiger partial charge >= 0.3 is 0 Å². The number of hydrogen-bond acceptors (Lipinski definition) is 3. The lowest BCUT2D eigenvalue weighted by Gasteiger charge is -2.21. The highest BCUT2D eigenvalue weighted by molar-refractivity contribution is 5.39. The third kappa shape index (κ3) is 2.61. The number of nitrogens with two attached hydrogens (primary N) is 1. The number of benzene rings is 1. The molecular weight excluding hydrogens is 214 g/mol. The predicted molar refractivity (Wildman–Crippen MR) is 67.9 cm³/mol. The van der Waals surface area contributed by atoms with Crippen LogP contribution in [0.5, 0.6) is 5.75 Å². The van der Waals surface area contributed by atoms with Gasteiger partial charge in [0.2, 0.25) is 0 Å². The van der Waals surface area contributed by atoms with E-state index in [1.165, 1.54) is 0 Å². The first-order valence-electron chi connectivity index (χ1n) is 5.95. The zero-order valence-electron chi connectivity index (χ0n) is 10.4. The number of rotatable bonds is 3. The minimum Gasteiger partial charge on any atom is -0.496 e. The van der Waals surface area contributed by atoms with E-state index < -0.39 is 0 Å². The van der Waals surface area contributed by atoms with E-state index in [1.807, 2.05) is 19.1 Å². The first-order chi connectivity index (χ1) is 8.22. The molecule has 0 saturated carbocycles. The number of aryl methyl sites for hydroxylation is 1. The molecule has 2 rings (SSSR count). The molecule has 1 atom stereocenters. The number of allylic oxidation sites excluding steroid dienone is 1. The Balaban J connectivity index is 2.21. The van der Waals surface area contributed by atoms with E-state index in [1.54, 1.807) is 7.11 Å². The van der Waals surface area contributed by atoms with Gasteiger partial charge in [0.25, 0.3) is 0 Å². The van der Waals surface area contributed by atoms with Crippen molar-refractivity contribution in [2.75, 3.05) is 13.7 Å². The maximum absolute atomic E-state index is 6.20. The minimum absolute atomic E-state index is 0.167. The van der Waals surface area contributed by atoms with Crippen LogP contribution in [0, 0.1) is 6.92 Å². The minimum atomic E-state index is -0.167. The molecule has 0 aliphatic carbocycles. The van der Waals surface area contributed by atoms with Crippen LogP contribution < -0.4 is 10.5 Å². The zero-order valence-corrected chi connectivity index (χ0v) is 10.4. The van der Waals surface area contributed by atoms with E-state index >= 15 is 0 Å². The second-order valence-electron chi connectivity index (χ2n) is 4.30. The van der Waals surface area contributed by atoms with Crippen molar-refractivity contribution in [1.29, 1.82) is 0 Å². The quantitative estimate of drug-likeness (QED) is 0.873. The maximum atomic E-state index is 6.20. The highest BCUT2D eigenvalue weighted by Crippen LogP contribution is 2.27. The molecule has 1 aliphatic rings. The molecule has 3 heteroatoms. The molecule has 1 aromatic carbocycles. The third-order valence-electron chi connectivity index (χ3n) is 3.05. The van der Waals surface area contributed by atoms with Gasteiger partial charge in [-0.3, -0.25) is 0 Å². The highest BCUT2D eigenvalue weighted by atomic mass is 16.5. The van der Waals surface area contributed by atoms with E-state index in [-0.39, 0.29) is 6.04 Å². The predicted octanol–water partition coefficient (Wildman–Crippen LogP) is 2.70. The van der Waals surface area contributed by atoms with Gasteiger partial charge in [-0.15, -0.1) is 0 Å². The average molecular weight is 233 g/mol. The van der Waals surface area contributed by atoms with Crippen molar-refractivity contribution in [2.24, 2.45) is 5.73 Å². The van der Waals surface area contributed by atoms with E-state index in [9.17, 15) is 0 Å². The lowest BCUT2D eigenvalue weighted by Crippen LogP contribution is -2.18. The molecule has 92 valence electrons. The van der Waals surface area contributed by atoms with Crippen LogP contribution in [0.2, 0.25) is 0 Å². The number of ether oxygens (including phenoxy) is 2. The van der Waals surface area contributed by atoms with Gasteiger partial charge in [0.15, 0.2) is 0 Å². The molecule has 17 heavy (non-hydrogen) atoms. The summed E-state index contributed by atoms with van der Waals surface area (Å²) in [5.41, 5.74) is 8.36. The lowest BCUT2D eigenvalue weighted by atomic mass is 10.0. The summed E-state index contributed by atoms with van der Waals surface area (Å²) in [6, 6.07) is 5.84. The van der Waals surface area contributed by atoms with Crippen molar-refractivity contribution in [3.8, 4) is 5.75 Å². The van der Waals surface area contributed by atoms with Crippen LogP contribution in [0.1, 0.15) is 30.0 Å². The molecule has 0 amide bonds. The Bertz CT molecular complexity index is 426. The Kier molecular flexibility index (Phi) is 3.69. The highest BCUT2D eigenvalue weighted by Gasteiger charge is 2.16. The molecule has 1 aliphatic heterocycles. The summed E-state index contributed by atoms with van der Waals surface area (Å²) in [5.74, 6) is 1.78. The molecule has 0 fully saturated rings. The molecule has 0 radical (unpaired) electrons. The number of hydrogen-bond donors (Lipinski definition) is 1. The Labute approximate surface area is 102 Å². The van der Waals surface area contributed by atoms with Crippen molar-refractivity contribution in [3.05, 3.63) is 41.2 Å². The van der Waals surface area contributed by atoms with Gasteiger partial charge in [0.1, 0.15) is 11.5 Å². The first kappa shape index (κ1) is 12.0. The second-order valence-corrected chi connectivity index (χ2v) is 4.30. The van der Waals surface area contributed by atoms with Crippen molar-refractivity contribution in [2.45, 2.75) is 25.8 Å². The summed E-state index contributed by atoms with van der Waals surface area (Å²) in [6.07, 6.45) is 4.23. The average Bonchev–Trinajstić information content (AvgIpc) is 2.39. The molecule has 0 aromatic heterocycles. The maximum Gasteiger partial charge on any atom is 0.121 e. The monoisotopic (exact) mass is 233 g/mol. The van der Waals surface area contributed by atoms with E-state index in [2.05, 4.69) is 12.1 Å². The van der Waals surface area contributed by atoms with Crippen molar-refractivity contribution < 1.29 is 9.47 Å². The molecule has 0 saturated heterocycles. The summed E-state index contributed by atoms with van der Waals surface area (Å²) in [6.45, 7) is 2.79. The zero-order chi connectivity index (χ0) is 12.3. The SMILES string of the molecule is COc1ccc(C(N)C2=CCCCO2)cc1C. The fraction of sp³-hybridized carbons (Fsp3) is 0.429. The van der Waals surface area contributed by atoms with Crippen LogP contribution in [0.15, 0.2) is 30.0 Å². The van der Waals surface area contributed by atoms with Crippen LogP contribution in [-0.4, -0.2) is 13.7 Å². The van der Waals surface area contributed by atoms with Crippen molar-refractivity contribution >= 4 is 0 Å². The smallest absolute Gasteiger partial charge is 0.121 e. The van der Waals surface area contributed by atoms with Crippen LogP contribution >= 0.6 is 0 Å². The third-order valence-corrected chi connectivity index (χ3v) is 3.05. The van der Waals surface area contributed by atoms with E-state index in [0.717, 1.165) is 42.1 Å². The molecule has 0 bridgehead atoms. The Morgan fingerprint density at radius 1 is 1.41 bits per heavy atom. The van der Waals surface area contributed by atoms with Gasteiger partial charge in [-0.05, 0) is 43.0 Å². The van der Waals surface area contributed by atoms with Gasteiger partial charge < -0.3 is 15.2 Å². The van der Waals surface area contributed by atoms with E-state index in [4.69, 9.17) is 15.2 Å². The largest absolute Gasteiger partial charge is 0.496 e. The van der Waals surface area contributed by atoms with Crippen LogP contribution in [0.4, 0.5) is 0 Å². The standard InChI is InChI=1S/C14H19NO2/c1-10-9-11(6-7-12(10)16-2)14(15)13-5-3-4-8-17-13/h5-7,9,14H,3-4,8,15H2,1-2H3. The van der Waals surface area contributed by atoms with Gasteiger partial charge in [0, 0.05) is 0 Å². The first-order valence-corrected chi connectivity index (χ1v) is 5.95. The molecule has 1 aromatic rings. The summed E-state index contributed by atoms with van der Waals surface area (Å²) >= 11 is 0. The Morgan fingerprint density at radius 2 is 2.24 bits per heavy atom. The molecule has 0 spiro atoms. The van der Waals surface area contributed by atoms with E-state index in [0.29, 0.717) is 0 Å².